The van der Waals surface area contributed by atoms with Crippen LogP contribution in [-0.4, -0.2) is 49.2 Å². The van der Waals surface area contributed by atoms with Crippen molar-refractivity contribution in [2.24, 2.45) is 5.73 Å². The van der Waals surface area contributed by atoms with E-state index in [0.29, 0.717) is 0 Å². The molecular formula is C16H24N4. The molecule has 0 spiro atoms. The molecule has 0 radical (unpaired) electrons. The predicted molar refractivity (Wildman–Crippen MR) is 85.2 cm³/mol. The molecule has 4 nitrogen and oxygen atoms in total. The quantitative estimate of drug-likeness (QED) is 0.819. The highest BCUT2D eigenvalue weighted by Crippen LogP contribution is 2.26. The minimum Gasteiger partial charge on any atom is -0.368 e. The van der Waals surface area contributed by atoms with Gasteiger partial charge in [-0.05, 0) is 44.1 Å². The molecule has 1 fully saturated rings. The second kappa shape index (κ2) is 6.29. The van der Waals surface area contributed by atoms with Gasteiger partial charge in [0.1, 0.15) is 0 Å². The van der Waals surface area contributed by atoms with Gasteiger partial charge in [0.15, 0.2) is 0 Å². The standard InChI is InChI=1S/C16H24N4/c17-7-1-2-9-19-10-12-20(13-11-19)16-5-3-4-15-14(16)6-8-18-15/h3-6,8,18H,1-2,7,9-13,17H2. The number of aromatic nitrogens is 1. The molecule has 1 aliphatic rings. The number of hydrogen-bond donors (Lipinski definition) is 2. The Morgan fingerprint density at radius 1 is 1.05 bits per heavy atom. The highest BCUT2D eigenvalue weighted by Gasteiger charge is 2.18. The number of nitrogens with zero attached hydrogens (tertiary/aromatic N) is 2. The Hall–Kier alpha value is -1.52. The number of nitrogens with two attached hydrogens (primary N) is 1. The molecule has 1 saturated heterocycles. The molecule has 4 heteroatoms. The Morgan fingerprint density at radius 3 is 2.70 bits per heavy atom. The van der Waals surface area contributed by atoms with Crippen molar-refractivity contribution in [1.29, 1.82) is 0 Å². The molecule has 20 heavy (non-hydrogen) atoms. The van der Waals surface area contributed by atoms with Crippen LogP contribution < -0.4 is 10.6 Å². The molecule has 0 bridgehead atoms. The van der Waals surface area contributed by atoms with E-state index in [4.69, 9.17) is 5.73 Å². The zero-order chi connectivity index (χ0) is 13.8. The SMILES string of the molecule is NCCCCN1CCN(c2cccc3[nH]ccc23)CC1. The number of unbranched alkanes of at least 4 members (excludes halogenated alkanes) is 1. The molecule has 1 aromatic heterocycles. The summed E-state index contributed by atoms with van der Waals surface area (Å²) in [5, 5.41) is 1.34. The lowest BCUT2D eigenvalue weighted by atomic mass is 10.1. The lowest BCUT2D eigenvalue weighted by Gasteiger charge is -2.36. The number of anilines is 1. The Bertz CT molecular complexity index is 540. The average molecular weight is 272 g/mol. The third-order valence-electron chi connectivity index (χ3n) is 4.21. The first-order chi connectivity index (χ1) is 9.88. The number of hydrogen-bond acceptors (Lipinski definition) is 3. The van der Waals surface area contributed by atoms with Gasteiger partial charge in [0.05, 0.1) is 0 Å². The van der Waals surface area contributed by atoms with Crippen LogP contribution in [0.25, 0.3) is 10.9 Å². The fourth-order valence-corrected chi connectivity index (χ4v) is 3.04. The van der Waals surface area contributed by atoms with E-state index >= 15 is 0 Å². The maximum absolute atomic E-state index is 5.56. The fraction of sp³-hybridized carbons (Fsp3) is 0.500. The number of piperazine rings is 1. The molecule has 0 aliphatic carbocycles. The topological polar surface area (TPSA) is 48.3 Å². The van der Waals surface area contributed by atoms with Crippen LogP contribution in [0.2, 0.25) is 0 Å². The monoisotopic (exact) mass is 272 g/mol. The van der Waals surface area contributed by atoms with Crippen molar-refractivity contribution in [3.63, 3.8) is 0 Å². The van der Waals surface area contributed by atoms with Crippen LogP contribution in [-0.2, 0) is 0 Å². The van der Waals surface area contributed by atoms with Crippen molar-refractivity contribution in [1.82, 2.24) is 9.88 Å². The fourth-order valence-electron chi connectivity index (χ4n) is 3.04. The van der Waals surface area contributed by atoms with Crippen LogP contribution >= 0.6 is 0 Å². The van der Waals surface area contributed by atoms with Crippen LogP contribution in [0.3, 0.4) is 0 Å². The third-order valence-corrected chi connectivity index (χ3v) is 4.21. The van der Waals surface area contributed by atoms with Gasteiger partial charge in [-0.2, -0.15) is 0 Å². The number of nitrogens with one attached hydrogen (secondary N) is 1. The molecule has 0 saturated carbocycles. The van der Waals surface area contributed by atoms with Crippen molar-refractivity contribution >= 4 is 16.6 Å². The Balaban J connectivity index is 1.62. The van der Waals surface area contributed by atoms with Gasteiger partial charge >= 0.3 is 0 Å². The zero-order valence-corrected chi connectivity index (χ0v) is 12.0. The summed E-state index contributed by atoms with van der Waals surface area (Å²) >= 11 is 0. The molecule has 3 N–H and O–H groups in total. The van der Waals surface area contributed by atoms with Gasteiger partial charge in [0.25, 0.3) is 0 Å². The largest absolute Gasteiger partial charge is 0.368 e. The van der Waals surface area contributed by atoms with Crippen LogP contribution in [0.15, 0.2) is 30.5 Å². The van der Waals surface area contributed by atoms with Crippen molar-refractivity contribution in [2.75, 3.05) is 44.2 Å². The summed E-state index contributed by atoms with van der Waals surface area (Å²) in [7, 11) is 0. The summed E-state index contributed by atoms with van der Waals surface area (Å²) in [6, 6.07) is 8.70. The first-order valence-electron chi connectivity index (χ1n) is 7.62. The summed E-state index contributed by atoms with van der Waals surface area (Å²) in [5.41, 5.74) is 8.15. The van der Waals surface area contributed by atoms with E-state index in [9.17, 15) is 0 Å². The first-order valence-corrected chi connectivity index (χ1v) is 7.62. The summed E-state index contributed by atoms with van der Waals surface area (Å²) in [6.07, 6.45) is 4.39. The van der Waals surface area contributed by atoms with Crippen molar-refractivity contribution < 1.29 is 0 Å². The van der Waals surface area contributed by atoms with Crippen LogP contribution in [0.4, 0.5) is 5.69 Å². The molecule has 0 amide bonds. The van der Waals surface area contributed by atoms with E-state index in [1.54, 1.807) is 0 Å². The number of aromatic amines is 1. The molecule has 3 rings (SSSR count). The Kier molecular flexibility index (Phi) is 4.23. The van der Waals surface area contributed by atoms with Crippen LogP contribution in [0, 0.1) is 0 Å². The normalized spacial score (nSPS) is 16.9. The first kappa shape index (κ1) is 13.5. The van der Waals surface area contributed by atoms with Gasteiger partial charge < -0.3 is 15.6 Å². The zero-order valence-electron chi connectivity index (χ0n) is 12.0. The van der Waals surface area contributed by atoms with Gasteiger partial charge in [-0.15, -0.1) is 0 Å². The third kappa shape index (κ3) is 2.81. The predicted octanol–water partition coefficient (Wildman–Crippen LogP) is 2.03. The van der Waals surface area contributed by atoms with Crippen molar-refractivity contribution in [3.05, 3.63) is 30.5 Å². The number of benzene rings is 1. The van der Waals surface area contributed by atoms with E-state index in [-0.39, 0.29) is 0 Å². The molecule has 1 aliphatic heterocycles. The molecule has 108 valence electrons. The summed E-state index contributed by atoms with van der Waals surface area (Å²) < 4.78 is 0. The van der Waals surface area contributed by atoms with Gasteiger partial charge in [-0.1, -0.05) is 6.07 Å². The molecule has 2 aromatic rings. The van der Waals surface area contributed by atoms with E-state index < -0.39 is 0 Å². The summed E-state index contributed by atoms with van der Waals surface area (Å²) in [6.45, 7) is 6.56. The van der Waals surface area contributed by atoms with Crippen LogP contribution in [0.1, 0.15) is 12.8 Å². The van der Waals surface area contributed by atoms with Crippen LogP contribution in [0.5, 0.6) is 0 Å². The van der Waals surface area contributed by atoms with Gasteiger partial charge in [0.2, 0.25) is 0 Å². The van der Waals surface area contributed by atoms with Crippen molar-refractivity contribution in [3.8, 4) is 0 Å². The molecule has 0 atom stereocenters. The van der Waals surface area contributed by atoms with Gasteiger partial charge in [-0.25, -0.2) is 0 Å². The molecule has 1 aromatic carbocycles. The van der Waals surface area contributed by atoms with E-state index in [0.717, 1.165) is 39.1 Å². The highest BCUT2D eigenvalue weighted by molar-refractivity contribution is 5.92. The number of fused-ring (bicyclic) bond motifs is 1. The Morgan fingerprint density at radius 2 is 1.90 bits per heavy atom. The Labute approximate surface area is 120 Å². The van der Waals surface area contributed by atoms with E-state index in [1.807, 2.05) is 6.20 Å². The average Bonchev–Trinajstić information content (AvgIpc) is 2.97. The second-order valence-electron chi connectivity index (χ2n) is 5.54. The lowest BCUT2D eigenvalue weighted by Crippen LogP contribution is -2.46. The second-order valence-corrected chi connectivity index (χ2v) is 5.54. The molecular weight excluding hydrogens is 248 g/mol. The summed E-state index contributed by atoms with van der Waals surface area (Å²) in [5.74, 6) is 0. The smallest absolute Gasteiger partial charge is 0.0474 e. The minimum absolute atomic E-state index is 0.815. The van der Waals surface area contributed by atoms with Gasteiger partial charge in [0, 0.05) is 49.0 Å². The molecule has 0 unspecified atom stereocenters. The van der Waals surface area contributed by atoms with Crippen molar-refractivity contribution in [2.45, 2.75) is 12.8 Å². The summed E-state index contributed by atoms with van der Waals surface area (Å²) in [4.78, 5) is 8.36. The maximum atomic E-state index is 5.56. The van der Waals surface area contributed by atoms with Gasteiger partial charge in [-0.3, -0.25) is 4.90 Å². The number of H-pyrrole nitrogens is 1. The van der Waals surface area contributed by atoms with E-state index in [1.165, 1.54) is 29.6 Å². The van der Waals surface area contributed by atoms with E-state index in [2.05, 4.69) is 39.0 Å². The lowest BCUT2D eigenvalue weighted by molar-refractivity contribution is 0.253. The maximum Gasteiger partial charge on any atom is 0.0474 e. The minimum atomic E-state index is 0.815. The molecule has 2 heterocycles. The highest BCUT2D eigenvalue weighted by atomic mass is 15.3. The number of rotatable bonds is 5.